The largest absolute Gasteiger partial charge is 0.341 e. The van der Waals surface area contributed by atoms with E-state index < -0.39 is 26.4 Å². The number of halogens is 2. The van der Waals surface area contributed by atoms with Crippen molar-refractivity contribution in [2.45, 2.75) is 35.3 Å². The van der Waals surface area contributed by atoms with Crippen LogP contribution in [0.25, 0.3) is 0 Å². The molecule has 0 unspecified atom stereocenters. The van der Waals surface area contributed by atoms with Gasteiger partial charge in [-0.15, -0.1) is 11.8 Å². The lowest BCUT2D eigenvalue weighted by Crippen LogP contribution is -2.19. The van der Waals surface area contributed by atoms with Gasteiger partial charge in [0.2, 0.25) is 15.7 Å². The van der Waals surface area contributed by atoms with Gasteiger partial charge in [0, 0.05) is 4.90 Å². The normalized spacial score (nSPS) is 11.8. The summed E-state index contributed by atoms with van der Waals surface area (Å²) in [6.45, 7) is 4.17. The van der Waals surface area contributed by atoms with Crippen molar-refractivity contribution in [3.05, 3.63) is 54.1 Å². The monoisotopic (exact) mass is 399 g/mol. The van der Waals surface area contributed by atoms with E-state index in [4.69, 9.17) is 0 Å². The van der Waals surface area contributed by atoms with Gasteiger partial charge in [-0.05, 0) is 35.7 Å². The molecule has 0 bridgehead atoms. The Morgan fingerprint density at radius 1 is 1.08 bits per heavy atom. The van der Waals surface area contributed by atoms with Crippen molar-refractivity contribution in [1.29, 1.82) is 0 Å². The number of nitrogens with one attached hydrogen (secondary N) is 1. The van der Waals surface area contributed by atoms with Crippen LogP contribution >= 0.6 is 11.8 Å². The summed E-state index contributed by atoms with van der Waals surface area (Å²) in [4.78, 5) is 12.4. The Morgan fingerprint density at radius 2 is 1.69 bits per heavy atom. The molecule has 140 valence electrons. The number of thioether (sulfide) groups is 1. The summed E-state index contributed by atoms with van der Waals surface area (Å²) in [5.41, 5.74) is 1.04. The lowest BCUT2D eigenvalue weighted by Gasteiger charge is -2.11. The molecule has 0 radical (unpaired) electrons. The first-order chi connectivity index (χ1) is 12.2. The van der Waals surface area contributed by atoms with Crippen LogP contribution in [-0.4, -0.2) is 25.8 Å². The molecule has 0 heterocycles. The van der Waals surface area contributed by atoms with E-state index >= 15 is 0 Å². The third-order valence-electron chi connectivity index (χ3n) is 3.62. The van der Waals surface area contributed by atoms with E-state index in [1.165, 1.54) is 35.5 Å². The highest BCUT2D eigenvalue weighted by molar-refractivity contribution is 8.00. The second-order valence-corrected chi connectivity index (χ2v) is 8.80. The molecule has 0 atom stereocenters. The Hall–Kier alpha value is -1.93. The molecular formula is C18H19F2NO3S2. The number of benzene rings is 2. The zero-order chi connectivity index (χ0) is 19.3. The summed E-state index contributed by atoms with van der Waals surface area (Å²) in [7, 11) is -4.79. The van der Waals surface area contributed by atoms with Gasteiger partial charge in [-0.2, -0.15) is 8.78 Å². The fourth-order valence-corrected chi connectivity index (χ4v) is 3.78. The van der Waals surface area contributed by atoms with Crippen LogP contribution in [0, 0.1) is 0 Å². The molecule has 0 fully saturated rings. The summed E-state index contributed by atoms with van der Waals surface area (Å²) >= 11 is 1.28. The Labute approximate surface area is 155 Å². The third-order valence-corrected chi connectivity index (χ3v) is 6.07. The molecule has 0 saturated heterocycles. The van der Waals surface area contributed by atoms with E-state index in [1.54, 1.807) is 0 Å². The highest BCUT2D eigenvalue weighted by Crippen LogP contribution is 2.27. The number of sulfone groups is 1. The van der Waals surface area contributed by atoms with Crippen molar-refractivity contribution >= 4 is 33.2 Å². The summed E-state index contributed by atoms with van der Waals surface area (Å²) in [6.07, 6.45) is 0. The predicted octanol–water partition coefficient (Wildman–Crippen LogP) is 4.54. The smallest absolute Gasteiger partial charge is 0.324 e. The number of hydrogen-bond acceptors (Lipinski definition) is 4. The minimum absolute atomic E-state index is 0.0318. The topological polar surface area (TPSA) is 63.2 Å². The lowest BCUT2D eigenvalue weighted by atomic mass is 10.0. The maximum absolute atomic E-state index is 12.8. The first-order valence-corrected chi connectivity index (χ1v) is 10.4. The van der Waals surface area contributed by atoms with Crippen LogP contribution in [0.4, 0.5) is 14.5 Å². The van der Waals surface area contributed by atoms with Crippen LogP contribution in [0.2, 0.25) is 0 Å². The molecule has 2 aromatic carbocycles. The zero-order valence-corrected chi connectivity index (χ0v) is 15.9. The van der Waals surface area contributed by atoms with E-state index in [2.05, 4.69) is 19.2 Å². The van der Waals surface area contributed by atoms with Crippen LogP contribution in [-0.2, 0) is 14.6 Å². The molecule has 0 aliphatic heterocycles. The minimum Gasteiger partial charge on any atom is -0.324 e. The van der Waals surface area contributed by atoms with Gasteiger partial charge in [0.1, 0.15) is 0 Å². The minimum atomic E-state index is -4.79. The highest BCUT2D eigenvalue weighted by atomic mass is 32.2. The average Bonchev–Trinajstić information content (AvgIpc) is 2.60. The van der Waals surface area contributed by atoms with Crippen molar-refractivity contribution in [1.82, 2.24) is 0 Å². The summed E-state index contributed by atoms with van der Waals surface area (Å²) in [6, 6.07) is 12.9. The lowest BCUT2D eigenvalue weighted by molar-refractivity contribution is -0.113. The molecule has 8 heteroatoms. The molecule has 2 rings (SSSR count). The molecule has 0 aliphatic rings. The van der Waals surface area contributed by atoms with Gasteiger partial charge in [0.15, 0.2) is 0 Å². The number of alkyl halides is 2. The summed E-state index contributed by atoms with van der Waals surface area (Å²) in [5, 5.41) is 2.40. The molecule has 1 amide bonds. The van der Waals surface area contributed by atoms with Crippen molar-refractivity contribution in [2.75, 3.05) is 11.1 Å². The van der Waals surface area contributed by atoms with Crippen molar-refractivity contribution in [3.63, 3.8) is 0 Å². The van der Waals surface area contributed by atoms with Crippen LogP contribution < -0.4 is 5.32 Å². The van der Waals surface area contributed by atoms with Gasteiger partial charge >= 0.3 is 5.76 Å². The van der Waals surface area contributed by atoms with Crippen LogP contribution in [0.5, 0.6) is 0 Å². The van der Waals surface area contributed by atoms with E-state index in [-0.39, 0.29) is 11.4 Å². The number of carbonyl (C=O) groups excluding carboxylic acids is 1. The maximum atomic E-state index is 12.8. The second kappa shape index (κ2) is 8.64. The Balaban J connectivity index is 2.05. The van der Waals surface area contributed by atoms with Gasteiger partial charge in [-0.3, -0.25) is 4.79 Å². The Morgan fingerprint density at radius 3 is 2.27 bits per heavy atom. The van der Waals surface area contributed by atoms with Crippen LogP contribution in [0.15, 0.2) is 58.3 Å². The van der Waals surface area contributed by atoms with Crippen molar-refractivity contribution < 1.29 is 22.0 Å². The van der Waals surface area contributed by atoms with Gasteiger partial charge in [-0.1, -0.05) is 38.1 Å². The first kappa shape index (κ1) is 20.4. The predicted molar refractivity (Wildman–Crippen MR) is 99.5 cm³/mol. The molecular weight excluding hydrogens is 380 g/mol. The third kappa shape index (κ3) is 5.04. The maximum Gasteiger partial charge on any atom is 0.341 e. The quantitative estimate of drug-likeness (QED) is 0.695. The molecule has 1 N–H and O–H groups in total. The molecule has 4 nitrogen and oxygen atoms in total. The molecule has 26 heavy (non-hydrogen) atoms. The first-order valence-electron chi connectivity index (χ1n) is 7.85. The average molecular weight is 399 g/mol. The second-order valence-electron chi connectivity index (χ2n) is 5.86. The van der Waals surface area contributed by atoms with Gasteiger partial charge in [0.25, 0.3) is 0 Å². The fourth-order valence-electron chi connectivity index (χ4n) is 2.20. The molecule has 0 saturated carbocycles. The van der Waals surface area contributed by atoms with Crippen LogP contribution in [0.1, 0.15) is 25.3 Å². The standard InChI is InChI=1S/C18H19F2NO3S2/c1-12(2)13-7-9-14(10-8-13)25-11-17(22)21-15-5-3-4-6-16(15)26(23,24)18(19)20/h3-10,12,18H,11H2,1-2H3,(H,21,22). The molecule has 0 aliphatic carbocycles. The van der Waals surface area contributed by atoms with Gasteiger partial charge in [-0.25, -0.2) is 8.42 Å². The summed E-state index contributed by atoms with van der Waals surface area (Å²) in [5.74, 6) is -3.58. The molecule has 2 aromatic rings. The number of carbonyl (C=O) groups is 1. The Kier molecular flexibility index (Phi) is 6.77. The fraction of sp³-hybridized carbons (Fsp3) is 0.278. The SMILES string of the molecule is CC(C)c1ccc(SCC(=O)Nc2ccccc2S(=O)(=O)C(F)F)cc1. The highest BCUT2D eigenvalue weighted by Gasteiger charge is 2.29. The number of para-hydroxylation sites is 1. The molecule has 0 aromatic heterocycles. The van der Waals surface area contributed by atoms with E-state index in [9.17, 15) is 22.0 Å². The van der Waals surface area contributed by atoms with Crippen molar-refractivity contribution in [3.8, 4) is 0 Å². The number of anilines is 1. The summed E-state index contributed by atoms with van der Waals surface area (Å²) < 4.78 is 48.9. The van der Waals surface area contributed by atoms with E-state index in [0.29, 0.717) is 5.92 Å². The number of rotatable bonds is 7. The van der Waals surface area contributed by atoms with Gasteiger partial charge < -0.3 is 5.32 Å². The van der Waals surface area contributed by atoms with E-state index in [1.807, 2.05) is 24.3 Å². The van der Waals surface area contributed by atoms with Gasteiger partial charge in [0.05, 0.1) is 16.3 Å². The zero-order valence-electron chi connectivity index (χ0n) is 14.3. The molecule has 0 spiro atoms. The number of hydrogen-bond donors (Lipinski definition) is 1. The van der Waals surface area contributed by atoms with E-state index in [0.717, 1.165) is 11.0 Å². The number of amides is 1. The Bertz CT molecular complexity index is 866. The van der Waals surface area contributed by atoms with Crippen LogP contribution in [0.3, 0.4) is 0 Å². The van der Waals surface area contributed by atoms with Crippen molar-refractivity contribution in [2.24, 2.45) is 0 Å².